The summed E-state index contributed by atoms with van der Waals surface area (Å²) in [6.07, 6.45) is 1.50. The first-order valence-corrected chi connectivity index (χ1v) is 8.23. The van der Waals surface area contributed by atoms with Crippen LogP contribution in [0, 0.1) is 0 Å². The molecule has 150 valence electrons. The molecule has 27 heavy (non-hydrogen) atoms. The summed E-state index contributed by atoms with van der Waals surface area (Å²) in [4.78, 5) is 4.40. The van der Waals surface area contributed by atoms with Crippen LogP contribution in [-0.2, 0) is 12.1 Å². The third-order valence-electron chi connectivity index (χ3n) is 3.54. The maximum atomic E-state index is 12.3. The number of alkyl halides is 2. The van der Waals surface area contributed by atoms with E-state index in [-0.39, 0.29) is 42.8 Å². The van der Waals surface area contributed by atoms with Crippen LogP contribution in [0.1, 0.15) is 25.2 Å². The fourth-order valence-corrected chi connectivity index (χ4v) is 2.26. The molecule has 0 aliphatic heterocycles. The maximum absolute atomic E-state index is 12.3. The van der Waals surface area contributed by atoms with Crippen LogP contribution in [0.3, 0.4) is 0 Å². The van der Waals surface area contributed by atoms with Crippen molar-refractivity contribution in [1.29, 1.82) is 0 Å². The highest BCUT2D eigenvalue weighted by Gasteiger charge is 2.26. The topological polar surface area (TPSA) is 79.0 Å². The van der Waals surface area contributed by atoms with Crippen LogP contribution in [0.5, 0.6) is 5.75 Å². The Balaban J connectivity index is 0.00000364. The molecular formula is C18H24F2IN3O3. The van der Waals surface area contributed by atoms with E-state index in [1.165, 1.54) is 18.4 Å². The van der Waals surface area contributed by atoms with Crippen LogP contribution in [0.4, 0.5) is 8.78 Å². The molecule has 1 atom stereocenters. The fourth-order valence-electron chi connectivity index (χ4n) is 2.26. The molecule has 0 saturated carbocycles. The Morgan fingerprint density at radius 2 is 2.07 bits per heavy atom. The van der Waals surface area contributed by atoms with E-state index in [1.807, 2.05) is 6.92 Å². The lowest BCUT2D eigenvalue weighted by Crippen LogP contribution is -2.44. The third-order valence-corrected chi connectivity index (χ3v) is 3.54. The van der Waals surface area contributed by atoms with Crippen LogP contribution in [0.15, 0.2) is 52.1 Å². The number of nitrogens with one attached hydrogen (secondary N) is 2. The van der Waals surface area contributed by atoms with Gasteiger partial charge in [-0.15, -0.1) is 24.0 Å². The van der Waals surface area contributed by atoms with Crippen molar-refractivity contribution in [2.24, 2.45) is 4.99 Å². The van der Waals surface area contributed by atoms with Crippen LogP contribution < -0.4 is 15.4 Å². The van der Waals surface area contributed by atoms with Gasteiger partial charge in [0.05, 0.1) is 19.4 Å². The Kier molecular flexibility index (Phi) is 9.50. The average molecular weight is 495 g/mol. The molecule has 3 N–H and O–H groups in total. The molecule has 1 aromatic heterocycles. The number of furan rings is 1. The number of hydrogen-bond donors (Lipinski definition) is 3. The van der Waals surface area contributed by atoms with Gasteiger partial charge >= 0.3 is 6.61 Å². The molecular weight excluding hydrogens is 471 g/mol. The zero-order valence-electron chi connectivity index (χ0n) is 15.1. The van der Waals surface area contributed by atoms with Crippen LogP contribution in [0.25, 0.3) is 0 Å². The normalized spacial score (nSPS) is 13.6. The van der Waals surface area contributed by atoms with Gasteiger partial charge in [0.1, 0.15) is 17.1 Å². The lowest BCUT2D eigenvalue weighted by Gasteiger charge is -2.22. The SMILES string of the molecule is CCNC(=NCc1cccc(OC(F)F)c1)NCC(C)(O)c1ccco1.I. The summed E-state index contributed by atoms with van der Waals surface area (Å²) in [5.74, 6) is 1.02. The summed E-state index contributed by atoms with van der Waals surface area (Å²) < 4.78 is 34.2. The Morgan fingerprint density at radius 1 is 1.30 bits per heavy atom. The van der Waals surface area contributed by atoms with E-state index >= 15 is 0 Å². The number of nitrogens with zero attached hydrogens (tertiary/aromatic N) is 1. The van der Waals surface area contributed by atoms with Crippen molar-refractivity contribution in [1.82, 2.24) is 10.6 Å². The Morgan fingerprint density at radius 3 is 2.70 bits per heavy atom. The Hall–Kier alpha value is -1.88. The van der Waals surface area contributed by atoms with Gasteiger partial charge in [-0.25, -0.2) is 4.99 Å². The summed E-state index contributed by atoms with van der Waals surface area (Å²) in [6, 6.07) is 9.77. The molecule has 0 aliphatic rings. The Bertz CT molecular complexity index is 710. The monoisotopic (exact) mass is 495 g/mol. The number of aliphatic hydroxyl groups is 1. The van der Waals surface area contributed by atoms with Crippen LogP contribution in [-0.4, -0.2) is 30.8 Å². The number of ether oxygens (including phenoxy) is 1. The second kappa shape index (κ2) is 11.1. The standard InChI is InChI=1S/C18H23F2N3O3.HI/c1-3-21-17(23-12-18(2,24)15-8-5-9-25-15)22-11-13-6-4-7-14(10-13)26-16(19)20;/h4-10,16,24H,3,11-12H2,1-2H3,(H2,21,22,23);1H. The van der Waals surface area contributed by atoms with Crippen molar-refractivity contribution in [2.75, 3.05) is 13.1 Å². The lowest BCUT2D eigenvalue weighted by atomic mass is 10.0. The third kappa shape index (κ3) is 7.71. The van der Waals surface area contributed by atoms with E-state index in [4.69, 9.17) is 4.42 Å². The summed E-state index contributed by atoms with van der Waals surface area (Å²) >= 11 is 0. The molecule has 0 radical (unpaired) electrons. The first-order chi connectivity index (χ1) is 12.4. The molecule has 0 aliphatic carbocycles. The highest BCUT2D eigenvalue weighted by molar-refractivity contribution is 14.0. The second-order valence-corrected chi connectivity index (χ2v) is 5.83. The van der Waals surface area contributed by atoms with E-state index in [0.717, 1.165) is 5.56 Å². The van der Waals surface area contributed by atoms with Crippen molar-refractivity contribution in [3.8, 4) is 5.75 Å². The quantitative estimate of drug-likeness (QED) is 0.297. The fraction of sp³-hybridized carbons (Fsp3) is 0.389. The van der Waals surface area contributed by atoms with E-state index in [1.54, 1.807) is 31.2 Å². The molecule has 1 heterocycles. The van der Waals surface area contributed by atoms with Gasteiger partial charge < -0.3 is 24.9 Å². The molecule has 2 rings (SSSR count). The van der Waals surface area contributed by atoms with E-state index in [2.05, 4.69) is 20.4 Å². The van der Waals surface area contributed by atoms with Gasteiger partial charge in [-0.2, -0.15) is 8.78 Å². The maximum Gasteiger partial charge on any atom is 0.387 e. The second-order valence-electron chi connectivity index (χ2n) is 5.83. The van der Waals surface area contributed by atoms with Crippen molar-refractivity contribution in [3.63, 3.8) is 0 Å². The Labute approximate surface area is 174 Å². The molecule has 2 aromatic rings. The smallest absolute Gasteiger partial charge is 0.387 e. The van der Waals surface area contributed by atoms with E-state index in [0.29, 0.717) is 18.3 Å². The number of rotatable bonds is 8. The molecule has 6 nitrogen and oxygen atoms in total. The zero-order chi connectivity index (χ0) is 19.0. The lowest BCUT2D eigenvalue weighted by molar-refractivity contribution is -0.0498. The highest BCUT2D eigenvalue weighted by atomic mass is 127. The van der Waals surface area contributed by atoms with Gasteiger partial charge in [0, 0.05) is 6.54 Å². The summed E-state index contributed by atoms with van der Waals surface area (Å²) in [6.45, 7) is 1.76. The zero-order valence-corrected chi connectivity index (χ0v) is 17.4. The number of hydrogen-bond acceptors (Lipinski definition) is 4. The first-order valence-electron chi connectivity index (χ1n) is 8.23. The number of aliphatic imine (C=N–C) groups is 1. The minimum Gasteiger partial charge on any atom is -0.466 e. The van der Waals surface area contributed by atoms with Gasteiger partial charge in [-0.3, -0.25) is 0 Å². The summed E-state index contributed by atoms with van der Waals surface area (Å²) in [5, 5.41) is 16.6. The molecule has 0 fully saturated rings. The molecule has 0 bridgehead atoms. The molecule has 0 saturated heterocycles. The highest BCUT2D eigenvalue weighted by Crippen LogP contribution is 2.20. The van der Waals surface area contributed by atoms with Gasteiger partial charge in [0.25, 0.3) is 0 Å². The molecule has 1 aromatic carbocycles. The summed E-state index contributed by atoms with van der Waals surface area (Å²) in [7, 11) is 0. The van der Waals surface area contributed by atoms with Crippen molar-refractivity contribution < 1.29 is 23.0 Å². The van der Waals surface area contributed by atoms with E-state index < -0.39 is 12.2 Å². The van der Waals surface area contributed by atoms with E-state index in [9.17, 15) is 13.9 Å². The minimum absolute atomic E-state index is 0. The number of guanidine groups is 1. The van der Waals surface area contributed by atoms with Gasteiger partial charge in [0.15, 0.2) is 5.96 Å². The van der Waals surface area contributed by atoms with Crippen LogP contribution in [0.2, 0.25) is 0 Å². The molecule has 1 unspecified atom stereocenters. The van der Waals surface area contributed by atoms with Crippen molar-refractivity contribution >= 4 is 29.9 Å². The summed E-state index contributed by atoms with van der Waals surface area (Å²) in [5.41, 5.74) is -0.483. The predicted octanol–water partition coefficient (Wildman–Crippen LogP) is 3.46. The molecule has 9 heteroatoms. The number of halogens is 3. The van der Waals surface area contributed by atoms with Gasteiger partial charge in [-0.05, 0) is 43.7 Å². The van der Waals surface area contributed by atoms with Gasteiger partial charge in [-0.1, -0.05) is 12.1 Å². The molecule has 0 amide bonds. The average Bonchev–Trinajstić information content (AvgIpc) is 3.13. The minimum atomic E-state index is -2.86. The number of benzene rings is 1. The predicted molar refractivity (Wildman–Crippen MR) is 110 cm³/mol. The van der Waals surface area contributed by atoms with Crippen LogP contribution >= 0.6 is 24.0 Å². The first kappa shape index (κ1) is 23.2. The largest absolute Gasteiger partial charge is 0.466 e. The van der Waals surface area contributed by atoms with Crippen molar-refractivity contribution in [3.05, 3.63) is 54.0 Å². The van der Waals surface area contributed by atoms with Crippen molar-refractivity contribution in [2.45, 2.75) is 32.6 Å². The molecule has 0 spiro atoms. The van der Waals surface area contributed by atoms with Gasteiger partial charge in [0.2, 0.25) is 0 Å².